The van der Waals surface area contributed by atoms with E-state index >= 15 is 0 Å². The van der Waals surface area contributed by atoms with Crippen molar-refractivity contribution in [1.82, 2.24) is 10.1 Å². The highest BCUT2D eigenvalue weighted by Crippen LogP contribution is 2.29. The van der Waals surface area contributed by atoms with Crippen molar-refractivity contribution < 1.29 is 18.1 Å². The maximum Gasteiger partial charge on any atom is 0.324 e. The lowest BCUT2D eigenvalue weighted by atomic mass is 9.90. The molecule has 1 aromatic carbocycles. The monoisotopic (exact) mass is 321 g/mol. The minimum Gasteiger partial charge on any atom is -0.338 e. The highest BCUT2D eigenvalue weighted by molar-refractivity contribution is 5.88. The minimum absolute atomic E-state index is 0.221. The fourth-order valence-corrected chi connectivity index (χ4v) is 2.85. The molecule has 3 rings (SSSR count). The van der Waals surface area contributed by atoms with Gasteiger partial charge < -0.3 is 9.42 Å². The summed E-state index contributed by atoms with van der Waals surface area (Å²) in [5, 5.41) is 6.32. The van der Waals surface area contributed by atoms with Crippen LogP contribution in [0.4, 0.5) is 19.5 Å². The number of aryl methyl sites for hydroxylation is 1. The molecule has 2 heterocycles. The number of hydrogen-bond acceptors (Lipinski definition) is 3. The second kappa shape index (κ2) is 6.36. The smallest absolute Gasteiger partial charge is 0.324 e. The molecule has 0 aliphatic carbocycles. The van der Waals surface area contributed by atoms with Gasteiger partial charge in [0.15, 0.2) is 0 Å². The Hall–Kier alpha value is -2.44. The number of rotatable bonds is 2. The van der Waals surface area contributed by atoms with Gasteiger partial charge >= 0.3 is 6.03 Å². The number of carbonyl (C=O) groups excluding carboxylic acids is 1. The van der Waals surface area contributed by atoms with Gasteiger partial charge in [-0.05, 0) is 43.5 Å². The van der Waals surface area contributed by atoms with Crippen molar-refractivity contribution >= 4 is 11.9 Å². The molecule has 23 heavy (non-hydrogen) atoms. The highest BCUT2D eigenvalue weighted by Gasteiger charge is 2.27. The van der Waals surface area contributed by atoms with E-state index in [1.807, 2.05) is 0 Å². The van der Waals surface area contributed by atoms with Crippen molar-refractivity contribution in [3.05, 3.63) is 47.2 Å². The number of nitrogens with zero attached hydrogens (tertiary/aromatic N) is 2. The van der Waals surface area contributed by atoms with E-state index in [0.29, 0.717) is 30.8 Å². The Morgan fingerprint density at radius 2 is 2.22 bits per heavy atom. The van der Waals surface area contributed by atoms with E-state index in [2.05, 4.69) is 10.5 Å². The predicted octanol–water partition coefficient (Wildman–Crippen LogP) is 3.67. The minimum atomic E-state index is -0.472. The second-order valence-corrected chi connectivity index (χ2v) is 5.71. The summed E-state index contributed by atoms with van der Waals surface area (Å²) in [7, 11) is 0. The number of nitrogens with one attached hydrogen (secondary N) is 1. The Morgan fingerprint density at radius 1 is 1.39 bits per heavy atom. The highest BCUT2D eigenvalue weighted by atomic mass is 19.1. The third-order valence-corrected chi connectivity index (χ3v) is 3.96. The Labute approximate surface area is 132 Å². The van der Waals surface area contributed by atoms with E-state index in [0.717, 1.165) is 18.6 Å². The van der Waals surface area contributed by atoms with Crippen molar-refractivity contribution in [3.63, 3.8) is 0 Å². The van der Waals surface area contributed by atoms with E-state index < -0.39 is 11.6 Å². The summed E-state index contributed by atoms with van der Waals surface area (Å²) in [6, 6.07) is 4.72. The van der Waals surface area contributed by atoms with Crippen LogP contribution in [-0.2, 0) is 0 Å². The van der Waals surface area contributed by atoms with Gasteiger partial charge in [0.1, 0.15) is 11.6 Å². The summed E-state index contributed by atoms with van der Waals surface area (Å²) in [6.07, 6.45) is 1.44. The van der Waals surface area contributed by atoms with E-state index in [1.54, 1.807) is 17.9 Å². The van der Waals surface area contributed by atoms with E-state index in [-0.39, 0.29) is 17.8 Å². The van der Waals surface area contributed by atoms with Gasteiger partial charge in [0.05, 0.1) is 5.69 Å². The van der Waals surface area contributed by atoms with Crippen LogP contribution < -0.4 is 5.32 Å². The molecule has 2 amide bonds. The molecule has 0 bridgehead atoms. The Morgan fingerprint density at radius 3 is 2.96 bits per heavy atom. The molecule has 7 heteroatoms. The maximum atomic E-state index is 13.9. The fourth-order valence-electron chi connectivity index (χ4n) is 2.85. The van der Waals surface area contributed by atoms with Crippen molar-refractivity contribution in [2.24, 2.45) is 0 Å². The molecule has 2 aromatic rings. The molecule has 0 spiro atoms. The Balaban J connectivity index is 1.70. The lowest BCUT2D eigenvalue weighted by Gasteiger charge is -2.32. The molecular weight excluding hydrogens is 304 g/mol. The zero-order chi connectivity index (χ0) is 16.4. The summed E-state index contributed by atoms with van der Waals surface area (Å²) in [6.45, 7) is 2.65. The average Bonchev–Trinajstić information content (AvgIpc) is 2.95. The van der Waals surface area contributed by atoms with Crippen molar-refractivity contribution in [2.75, 3.05) is 18.4 Å². The first-order valence-electron chi connectivity index (χ1n) is 7.47. The molecular formula is C16H17F2N3O2. The van der Waals surface area contributed by atoms with Crippen LogP contribution in [-0.4, -0.2) is 29.2 Å². The molecule has 1 atom stereocenters. The maximum absolute atomic E-state index is 13.9. The van der Waals surface area contributed by atoms with Crippen LogP contribution in [0.3, 0.4) is 0 Å². The van der Waals surface area contributed by atoms with Crippen molar-refractivity contribution in [1.29, 1.82) is 0 Å². The Kier molecular flexibility index (Phi) is 4.27. The van der Waals surface area contributed by atoms with Crippen LogP contribution in [0.2, 0.25) is 0 Å². The van der Waals surface area contributed by atoms with Gasteiger partial charge in [-0.15, -0.1) is 0 Å². The number of urea groups is 1. The van der Waals surface area contributed by atoms with Gasteiger partial charge in [0.2, 0.25) is 5.88 Å². The molecule has 1 fully saturated rings. The molecule has 1 saturated heterocycles. The molecule has 1 N–H and O–H groups in total. The first-order chi connectivity index (χ1) is 11.0. The van der Waals surface area contributed by atoms with Gasteiger partial charge in [0, 0.05) is 25.1 Å². The van der Waals surface area contributed by atoms with E-state index in [1.165, 1.54) is 6.07 Å². The normalized spacial score (nSPS) is 18.0. The van der Waals surface area contributed by atoms with Crippen LogP contribution in [0, 0.1) is 18.6 Å². The number of benzene rings is 1. The van der Waals surface area contributed by atoms with Gasteiger partial charge in [0.25, 0.3) is 0 Å². The lowest BCUT2D eigenvalue weighted by Crippen LogP contribution is -2.41. The SMILES string of the molecule is Cc1cc(NC(=O)N2CCC[C@@H](c3cc(F)ccc3F)C2)on1. The molecule has 0 radical (unpaired) electrons. The van der Waals surface area contributed by atoms with E-state index in [4.69, 9.17) is 4.52 Å². The largest absolute Gasteiger partial charge is 0.338 e. The summed E-state index contributed by atoms with van der Waals surface area (Å²) in [5.74, 6) is -0.863. The molecule has 1 aliphatic rings. The summed E-state index contributed by atoms with van der Waals surface area (Å²) in [5.41, 5.74) is 0.983. The van der Waals surface area contributed by atoms with Gasteiger partial charge in [-0.3, -0.25) is 5.32 Å². The first kappa shape index (κ1) is 15.5. The summed E-state index contributed by atoms with van der Waals surface area (Å²) in [4.78, 5) is 13.8. The van der Waals surface area contributed by atoms with Gasteiger partial charge in [-0.1, -0.05) is 5.16 Å². The number of hydrogen-bond donors (Lipinski definition) is 1. The number of halogens is 2. The van der Waals surface area contributed by atoms with Crippen molar-refractivity contribution in [3.8, 4) is 0 Å². The van der Waals surface area contributed by atoms with Crippen LogP contribution in [0.1, 0.15) is 30.0 Å². The molecule has 0 unspecified atom stereocenters. The van der Waals surface area contributed by atoms with Crippen LogP contribution in [0.25, 0.3) is 0 Å². The van der Waals surface area contributed by atoms with Crippen LogP contribution >= 0.6 is 0 Å². The molecule has 1 aliphatic heterocycles. The average molecular weight is 321 g/mol. The quantitative estimate of drug-likeness (QED) is 0.918. The fraction of sp³-hybridized carbons (Fsp3) is 0.375. The number of amides is 2. The standard InChI is InChI=1S/C16H17F2N3O2/c1-10-7-15(23-20-10)19-16(22)21-6-2-3-11(9-21)13-8-12(17)4-5-14(13)18/h4-5,7-8,11H,2-3,6,9H2,1H3,(H,19,22)/t11-/m1/s1. The number of piperidine rings is 1. The molecule has 0 saturated carbocycles. The number of aromatic nitrogens is 1. The first-order valence-corrected chi connectivity index (χ1v) is 7.47. The third kappa shape index (κ3) is 3.49. The van der Waals surface area contributed by atoms with E-state index in [9.17, 15) is 13.6 Å². The topological polar surface area (TPSA) is 58.4 Å². The number of carbonyl (C=O) groups is 1. The van der Waals surface area contributed by atoms with Crippen molar-refractivity contribution in [2.45, 2.75) is 25.7 Å². The third-order valence-electron chi connectivity index (χ3n) is 3.96. The van der Waals surface area contributed by atoms with Crippen LogP contribution in [0.15, 0.2) is 28.8 Å². The molecule has 1 aromatic heterocycles. The lowest BCUT2D eigenvalue weighted by molar-refractivity contribution is 0.191. The summed E-state index contributed by atoms with van der Waals surface area (Å²) >= 11 is 0. The second-order valence-electron chi connectivity index (χ2n) is 5.71. The molecule has 5 nitrogen and oxygen atoms in total. The Bertz CT molecular complexity index is 717. The van der Waals surface area contributed by atoms with Crippen LogP contribution in [0.5, 0.6) is 0 Å². The molecule has 122 valence electrons. The van der Waals surface area contributed by atoms with Gasteiger partial charge in [-0.2, -0.15) is 0 Å². The number of anilines is 1. The zero-order valence-electron chi connectivity index (χ0n) is 12.7. The number of likely N-dealkylation sites (tertiary alicyclic amines) is 1. The zero-order valence-corrected chi connectivity index (χ0v) is 12.7. The van der Waals surface area contributed by atoms with Gasteiger partial charge in [-0.25, -0.2) is 13.6 Å². The summed E-state index contributed by atoms with van der Waals surface area (Å²) < 4.78 is 32.2. The predicted molar refractivity (Wildman–Crippen MR) is 80.2 cm³/mol.